The number of hydrogen-bond donors (Lipinski definition) is 1. The summed E-state index contributed by atoms with van der Waals surface area (Å²) in [4.78, 5) is 59.0. The van der Waals surface area contributed by atoms with Gasteiger partial charge >= 0.3 is 11.9 Å². The fraction of sp³-hybridized carbons (Fsp3) is 0.294. The standard InChI is InChI=1S/C17H17N3O8S/c1-8-13(16(23)27-3)15(29-14(8)17(24)28-4)18-11(21)7-19-9(2)10(20(25)26)5-6-12(19)22/h5-6H,7H2,1-4H3,(H,18,21). The molecular weight excluding hydrogens is 406 g/mol. The second-order valence-electron chi connectivity index (χ2n) is 5.78. The van der Waals surface area contributed by atoms with Crippen molar-refractivity contribution in [3.05, 3.63) is 54.3 Å². The number of nitrogens with zero attached hydrogens (tertiary/aromatic N) is 2. The zero-order valence-corrected chi connectivity index (χ0v) is 16.7. The van der Waals surface area contributed by atoms with Crippen molar-refractivity contribution >= 4 is 39.9 Å². The molecule has 0 radical (unpaired) electrons. The summed E-state index contributed by atoms with van der Waals surface area (Å²) in [5.74, 6) is -2.18. The summed E-state index contributed by atoms with van der Waals surface area (Å²) in [7, 11) is 2.32. The second kappa shape index (κ2) is 8.65. The van der Waals surface area contributed by atoms with Crippen LogP contribution in [0.25, 0.3) is 0 Å². The van der Waals surface area contributed by atoms with Crippen LogP contribution in [-0.4, -0.2) is 41.6 Å². The molecule has 154 valence electrons. The molecule has 2 aromatic rings. The third-order valence-electron chi connectivity index (χ3n) is 4.08. The summed E-state index contributed by atoms with van der Waals surface area (Å²) in [5.41, 5.74) is -0.660. The lowest BCUT2D eigenvalue weighted by molar-refractivity contribution is -0.386. The Kier molecular flexibility index (Phi) is 6.49. The van der Waals surface area contributed by atoms with Gasteiger partial charge in [-0.3, -0.25) is 24.3 Å². The van der Waals surface area contributed by atoms with Gasteiger partial charge in [-0.25, -0.2) is 9.59 Å². The van der Waals surface area contributed by atoms with Gasteiger partial charge in [0, 0.05) is 12.1 Å². The Hall–Kier alpha value is -3.54. The van der Waals surface area contributed by atoms with Crippen molar-refractivity contribution in [3.63, 3.8) is 0 Å². The molecule has 11 nitrogen and oxygen atoms in total. The predicted octanol–water partition coefficient (Wildman–Crippen LogP) is 1.65. The Morgan fingerprint density at radius 3 is 2.34 bits per heavy atom. The van der Waals surface area contributed by atoms with E-state index in [0.717, 1.165) is 35.1 Å². The molecule has 1 N–H and O–H groups in total. The van der Waals surface area contributed by atoms with E-state index in [9.17, 15) is 29.3 Å². The molecule has 29 heavy (non-hydrogen) atoms. The number of nitro groups is 1. The normalized spacial score (nSPS) is 10.3. The summed E-state index contributed by atoms with van der Waals surface area (Å²) in [6, 6.07) is 2.05. The lowest BCUT2D eigenvalue weighted by Gasteiger charge is -2.10. The molecule has 1 amide bonds. The van der Waals surface area contributed by atoms with Crippen LogP contribution < -0.4 is 10.9 Å². The molecule has 0 aliphatic rings. The van der Waals surface area contributed by atoms with Crippen LogP contribution in [0.2, 0.25) is 0 Å². The smallest absolute Gasteiger partial charge is 0.348 e. The van der Waals surface area contributed by atoms with E-state index in [2.05, 4.69) is 10.1 Å². The molecule has 2 heterocycles. The lowest BCUT2D eigenvalue weighted by atomic mass is 10.1. The minimum absolute atomic E-state index is 0.00320. The number of thiophene rings is 1. The van der Waals surface area contributed by atoms with Gasteiger partial charge in [-0.15, -0.1) is 11.3 Å². The number of methoxy groups -OCH3 is 2. The quantitative estimate of drug-likeness (QED) is 0.419. The van der Waals surface area contributed by atoms with Crippen LogP contribution in [0.5, 0.6) is 0 Å². The number of esters is 2. The number of pyridine rings is 1. The van der Waals surface area contributed by atoms with Crippen molar-refractivity contribution in [2.75, 3.05) is 19.5 Å². The molecular formula is C17H17N3O8S. The highest BCUT2D eigenvalue weighted by Gasteiger charge is 2.27. The van der Waals surface area contributed by atoms with E-state index < -0.39 is 34.9 Å². The molecule has 0 aliphatic heterocycles. The SMILES string of the molecule is COC(=O)c1sc(NC(=O)Cn2c(C)c([N+](=O)[O-])ccc2=O)c(C(=O)OC)c1C. The molecule has 2 aromatic heterocycles. The van der Waals surface area contributed by atoms with Crippen LogP contribution in [0.3, 0.4) is 0 Å². The third-order valence-corrected chi connectivity index (χ3v) is 5.27. The highest BCUT2D eigenvalue weighted by Crippen LogP contribution is 2.34. The van der Waals surface area contributed by atoms with Gasteiger partial charge in [-0.2, -0.15) is 0 Å². The van der Waals surface area contributed by atoms with Gasteiger partial charge < -0.3 is 14.8 Å². The number of rotatable bonds is 6. The first kappa shape index (κ1) is 21.8. The first-order valence-electron chi connectivity index (χ1n) is 8.07. The topological polar surface area (TPSA) is 147 Å². The van der Waals surface area contributed by atoms with Crippen molar-refractivity contribution in [1.82, 2.24) is 4.57 Å². The molecule has 0 saturated heterocycles. The maximum Gasteiger partial charge on any atom is 0.348 e. The van der Waals surface area contributed by atoms with Gasteiger partial charge in [-0.1, -0.05) is 0 Å². The van der Waals surface area contributed by atoms with Gasteiger partial charge in [0.2, 0.25) is 5.91 Å². The Morgan fingerprint density at radius 2 is 1.79 bits per heavy atom. The van der Waals surface area contributed by atoms with Gasteiger partial charge in [0.15, 0.2) is 0 Å². The van der Waals surface area contributed by atoms with Gasteiger partial charge in [0.05, 0.1) is 30.4 Å². The van der Waals surface area contributed by atoms with Gasteiger partial charge in [0.1, 0.15) is 16.4 Å². The van der Waals surface area contributed by atoms with Crippen LogP contribution in [-0.2, 0) is 20.8 Å². The molecule has 0 bridgehead atoms. The van der Waals surface area contributed by atoms with Crippen LogP contribution in [0, 0.1) is 24.0 Å². The molecule has 0 atom stereocenters. The maximum atomic E-state index is 12.5. The first-order valence-corrected chi connectivity index (χ1v) is 8.88. The summed E-state index contributed by atoms with van der Waals surface area (Å²) < 4.78 is 10.3. The summed E-state index contributed by atoms with van der Waals surface area (Å²) in [6.45, 7) is 2.31. The number of amides is 1. The zero-order valence-electron chi connectivity index (χ0n) is 15.9. The monoisotopic (exact) mass is 423 g/mol. The number of nitrogens with one attached hydrogen (secondary N) is 1. The average molecular weight is 423 g/mol. The Bertz CT molecular complexity index is 1070. The average Bonchev–Trinajstić information content (AvgIpc) is 2.99. The summed E-state index contributed by atoms with van der Waals surface area (Å²) >= 11 is 0.815. The first-order chi connectivity index (χ1) is 13.6. The zero-order chi connectivity index (χ0) is 21.9. The third kappa shape index (κ3) is 4.32. The van der Waals surface area contributed by atoms with E-state index in [1.54, 1.807) is 0 Å². The van der Waals surface area contributed by atoms with Crippen LogP contribution >= 0.6 is 11.3 Å². The number of carbonyl (C=O) groups is 3. The number of aromatic nitrogens is 1. The predicted molar refractivity (Wildman–Crippen MR) is 102 cm³/mol. The molecule has 0 aromatic carbocycles. The van der Waals surface area contributed by atoms with E-state index in [0.29, 0.717) is 0 Å². The van der Waals surface area contributed by atoms with E-state index in [1.807, 2.05) is 0 Å². The van der Waals surface area contributed by atoms with Gasteiger partial charge in [-0.05, 0) is 19.4 Å². The molecule has 2 rings (SSSR count). The van der Waals surface area contributed by atoms with Crippen LogP contribution in [0.1, 0.15) is 31.3 Å². The Labute approximate surface area is 168 Å². The fourth-order valence-electron chi connectivity index (χ4n) is 2.60. The minimum Gasteiger partial charge on any atom is -0.465 e. The van der Waals surface area contributed by atoms with E-state index in [1.165, 1.54) is 21.0 Å². The largest absolute Gasteiger partial charge is 0.465 e. The molecule has 0 unspecified atom stereocenters. The highest BCUT2D eigenvalue weighted by molar-refractivity contribution is 7.18. The Balaban J connectivity index is 2.40. The molecule has 0 spiro atoms. The highest BCUT2D eigenvalue weighted by atomic mass is 32.1. The fourth-order valence-corrected chi connectivity index (χ4v) is 3.73. The van der Waals surface area contributed by atoms with Crippen molar-refractivity contribution in [1.29, 1.82) is 0 Å². The molecule has 0 fully saturated rings. The maximum absolute atomic E-state index is 12.5. The van der Waals surface area contributed by atoms with Crippen molar-refractivity contribution < 1.29 is 28.8 Å². The lowest BCUT2D eigenvalue weighted by Crippen LogP contribution is -2.29. The Morgan fingerprint density at radius 1 is 1.17 bits per heavy atom. The number of carbonyl (C=O) groups excluding carboxylic acids is 3. The van der Waals surface area contributed by atoms with Crippen LogP contribution in [0.15, 0.2) is 16.9 Å². The molecule has 0 aliphatic carbocycles. The van der Waals surface area contributed by atoms with Crippen LogP contribution in [0.4, 0.5) is 10.7 Å². The van der Waals surface area contributed by atoms with Crippen molar-refractivity contribution in [2.45, 2.75) is 20.4 Å². The molecule has 12 heteroatoms. The van der Waals surface area contributed by atoms with Crippen molar-refractivity contribution in [2.24, 2.45) is 0 Å². The second-order valence-corrected chi connectivity index (χ2v) is 6.80. The minimum atomic E-state index is -0.770. The number of anilines is 1. The van der Waals surface area contributed by atoms with E-state index in [-0.39, 0.29) is 32.4 Å². The summed E-state index contributed by atoms with van der Waals surface area (Å²) in [6.07, 6.45) is 0. The van der Waals surface area contributed by atoms with E-state index in [4.69, 9.17) is 4.74 Å². The molecule has 0 saturated carbocycles. The van der Waals surface area contributed by atoms with Crippen molar-refractivity contribution in [3.8, 4) is 0 Å². The van der Waals surface area contributed by atoms with Gasteiger partial charge in [0.25, 0.3) is 11.2 Å². The number of ether oxygens (including phenoxy) is 2. The van der Waals surface area contributed by atoms with E-state index >= 15 is 0 Å². The summed E-state index contributed by atoms with van der Waals surface area (Å²) in [5, 5.41) is 13.5. The number of hydrogen-bond acceptors (Lipinski definition) is 9.